The number of hydrogen-bond acceptors (Lipinski definition) is 4. The lowest BCUT2D eigenvalue weighted by molar-refractivity contribution is 0.0650. The highest BCUT2D eigenvalue weighted by atomic mass is 32.2. The number of carbonyl (C=O) groups excluding carboxylic acids is 2. The minimum absolute atomic E-state index is 0.0866. The van der Waals surface area contributed by atoms with Crippen LogP contribution in [-0.4, -0.2) is 38.1 Å². The molecule has 1 N–H and O–H groups in total. The molecule has 1 saturated heterocycles. The van der Waals surface area contributed by atoms with Gasteiger partial charge in [-0.2, -0.15) is 0 Å². The fraction of sp³-hybridized carbons (Fsp3) is 0.231. The van der Waals surface area contributed by atoms with Crippen molar-refractivity contribution < 1.29 is 18.0 Å². The summed E-state index contributed by atoms with van der Waals surface area (Å²) in [5.41, 5.74) is 2.48. The summed E-state index contributed by atoms with van der Waals surface area (Å²) in [6.45, 7) is 2.82. The number of benzene rings is 3. The third kappa shape index (κ3) is 5.14. The standard InChI is InChI=1S/C26H26N2O4S/c1-19-7-5-6-10-24(19)27-33(31,32)23-13-11-22(12-14-23)26(30)28-17-15-21(16-18-28)25(29)20-8-3-2-4-9-20/h2-14,21,27H,15-18H2,1H3. The number of carbonyl (C=O) groups is 2. The van der Waals surface area contributed by atoms with E-state index >= 15 is 0 Å². The maximum absolute atomic E-state index is 12.9. The number of likely N-dealkylation sites (tertiary alicyclic amines) is 1. The number of piperidine rings is 1. The van der Waals surface area contributed by atoms with Gasteiger partial charge < -0.3 is 4.90 Å². The molecule has 0 atom stereocenters. The highest BCUT2D eigenvalue weighted by Gasteiger charge is 2.28. The van der Waals surface area contributed by atoms with Crippen LogP contribution in [0.25, 0.3) is 0 Å². The Morgan fingerprint density at radius 3 is 2.06 bits per heavy atom. The summed E-state index contributed by atoms with van der Waals surface area (Å²) in [4.78, 5) is 27.4. The van der Waals surface area contributed by atoms with Crippen molar-refractivity contribution in [3.8, 4) is 0 Å². The monoisotopic (exact) mass is 462 g/mol. The second-order valence-corrected chi connectivity index (χ2v) is 9.92. The van der Waals surface area contributed by atoms with Crippen LogP contribution in [0, 0.1) is 12.8 Å². The molecule has 7 heteroatoms. The summed E-state index contributed by atoms with van der Waals surface area (Å²) in [5.74, 6) is -0.119. The molecular weight excluding hydrogens is 436 g/mol. The number of nitrogens with zero attached hydrogens (tertiary/aromatic N) is 1. The van der Waals surface area contributed by atoms with E-state index in [-0.39, 0.29) is 22.5 Å². The van der Waals surface area contributed by atoms with Crippen LogP contribution in [0.1, 0.15) is 39.1 Å². The molecule has 6 nitrogen and oxygen atoms in total. The fourth-order valence-electron chi connectivity index (χ4n) is 4.03. The smallest absolute Gasteiger partial charge is 0.261 e. The molecule has 4 rings (SSSR count). The van der Waals surface area contributed by atoms with Gasteiger partial charge >= 0.3 is 0 Å². The molecule has 3 aromatic rings. The summed E-state index contributed by atoms with van der Waals surface area (Å²) in [6, 6.07) is 22.3. The Kier molecular flexibility index (Phi) is 6.60. The predicted molar refractivity (Wildman–Crippen MR) is 128 cm³/mol. The van der Waals surface area contributed by atoms with E-state index in [9.17, 15) is 18.0 Å². The van der Waals surface area contributed by atoms with E-state index < -0.39 is 10.0 Å². The van der Waals surface area contributed by atoms with E-state index in [1.807, 2.05) is 49.4 Å². The first-order valence-corrected chi connectivity index (χ1v) is 12.4. The van der Waals surface area contributed by atoms with Gasteiger partial charge in [0.05, 0.1) is 10.6 Å². The lowest BCUT2D eigenvalue weighted by Gasteiger charge is -2.31. The van der Waals surface area contributed by atoms with Crippen LogP contribution in [0.15, 0.2) is 83.8 Å². The second kappa shape index (κ2) is 9.58. The Morgan fingerprint density at radius 1 is 0.818 bits per heavy atom. The molecule has 1 aliphatic heterocycles. The van der Waals surface area contributed by atoms with Crippen LogP contribution in [-0.2, 0) is 10.0 Å². The van der Waals surface area contributed by atoms with E-state index in [1.165, 1.54) is 24.3 Å². The Bertz CT molecular complexity index is 1250. The van der Waals surface area contributed by atoms with Gasteiger partial charge in [-0.05, 0) is 55.7 Å². The molecule has 170 valence electrons. The summed E-state index contributed by atoms with van der Waals surface area (Å²) in [6.07, 6.45) is 1.23. The molecule has 0 aromatic heterocycles. The van der Waals surface area contributed by atoms with E-state index in [0.717, 1.165) is 5.56 Å². The zero-order valence-corrected chi connectivity index (χ0v) is 19.2. The lowest BCUT2D eigenvalue weighted by Crippen LogP contribution is -2.40. The van der Waals surface area contributed by atoms with Crippen molar-refractivity contribution in [2.24, 2.45) is 5.92 Å². The Balaban J connectivity index is 1.39. The van der Waals surface area contributed by atoms with Crippen molar-refractivity contribution in [3.05, 3.63) is 95.6 Å². The predicted octanol–water partition coefficient (Wildman–Crippen LogP) is 4.53. The van der Waals surface area contributed by atoms with Gasteiger partial charge in [0.25, 0.3) is 15.9 Å². The average molecular weight is 463 g/mol. The highest BCUT2D eigenvalue weighted by Crippen LogP contribution is 2.24. The summed E-state index contributed by atoms with van der Waals surface area (Å²) in [5, 5.41) is 0. The summed E-state index contributed by atoms with van der Waals surface area (Å²) in [7, 11) is -3.76. The van der Waals surface area contributed by atoms with Crippen LogP contribution < -0.4 is 4.72 Å². The van der Waals surface area contributed by atoms with Gasteiger partial charge in [-0.15, -0.1) is 0 Å². The van der Waals surface area contributed by atoms with E-state index in [2.05, 4.69) is 4.72 Å². The second-order valence-electron chi connectivity index (χ2n) is 8.24. The number of sulfonamides is 1. The number of anilines is 1. The number of hydrogen-bond donors (Lipinski definition) is 1. The molecule has 1 amide bonds. The van der Waals surface area contributed by atoms with Gasteiger partial charge in [-0.1, -0.05) is 48.5 Å². The lowest BCUT2D eigenvalue weighted by atomic mass is 9.88. The molecule has 1 fully saturated rings. The number of Topliss-reactive ketones (excluding diaryl/α,β-unsaturated/α-hetero) is 1. The number of nitrogens with one attached hydrogen (secondary N) is 1. The maximum Gasteiger partial charge on any atom is 0.261 e. The molecule has 0 saturated carbocycles. The Hall–Kier alpha value is -3.45. The molecule has 0 radical (unpaired) electrons. The normalized spacial score (nSPS) is 14.6. The number of amides is 1. The van der Waals surface area contributed by atoms with E-state index in [1.54, 1.807) is 17.0 Å². The van der Waals surface area contributed by atoms with Gasteiger partial charge in [0.1, 0.15) is 0 Å². The number of rotatable bonds is 6. The molecule has 0 unspecified atom stereocenters. The van der Waals surface area contributed by atoms with Crippen molar-refractivity contribution in [2.75, 3.05) is 17.8 Å². The van der Waals surface area contributed by atoms with E-state index in [4.69, 9.17) is 0 Å². The Labute approximate surface area is 194 Å². The van der Waals surface area contributed by atoms with Gasteiger partial charge in [0, 0.05) is 30.1 Å². The fourth-order valence-corrected chi connectivity index (χ4v) is 5.16. The first kappa shape index (κ1) is 22.7. The minimum Gasteiger partial charge on any atom is -0.339 e. The number of para-hydroxylation sites is 1. The minimum atomic E-state index is -3.76. The molecule has 0 aliphatic carbocycles. The molecule has 3 aromatic carbocycles. The zero-order valence-electron chi connectivity index (χ0n) is 18.4. The van der Waals surface area contributed by atoms with Crippen LogP contribution in [0.5, 0.6) is 0 Å². The first-order valence-electron chi connectivity index (χ1n) is 10.9. The number of aryl methyl sites for hydroxylation is 1. The van der Waals surface area contributed by atoms with Crippen molar-refractivity contribution in [1.29, 1.82) is 0 Å². The third-order valence-electron chi connectivity index (χ3n) is 6.01. The van der Waals surface area contributed by atoms with Crippen LogP contribution in [0.4, 0.5) is 5.69 Å². The van der Waals surface area contributed by atoms with Crippen LogP contribution >= 0.6 is 0 Å². The van der Waals surface area contributed by atoms with Crippen molar-refractivity contribution in [3.63, 3.8) is 0 Å². The SMILES string of the molecule is Cc1ccccc1NS(=O)(=O)c1ccc(C(=O)N2CCC(C(=O)c3ccccc3)CC2)cc1. The molecular formula is C26H26N2O4S. The quantitative estimate of drug-likeness (QED) is 0.546. The van der Waals surface area contributed by atoms with Gasteiger partial charge in [0.15, 0.2) is 5.78 Å². The molecule has 1 heterocycles. The van der Waals surface area contributed by atoms with Gasteiger partial charge in [0.2, 0.25) is 0 Å². The largest absolute Gasteiger partial charge is 0.339 e. The summed E-state index contributed by atoms with van der Waals surface area (Å²) < 4.78 is 28.0. The third-order valence-corrected chi connectivity index (χ3v) is 7.39. The highest BCUT2D eigenvalue weighted by molar-refractivity contribution is 7.92. The van der Waals surface area contributed by atoms with E-state index in [0.29, 0.717) is 42.7 Å². The zero-order chi connectivity index (χ0) is 23.4. The van der Waals surface area contributed by atoms with Gasteiger partial charge in [-0.3, -0.25) is 14.3 Å². The number of ketones is 1. The average Bonchev–Trinajstić information content (AvgIpc) is 2.85. The molecule has 1 aliphatic rings. The Morgan fingerprint density at radius 2 is 1.42 bits per heavy atom. The topological polar surface area (TPSA) is 83.6 Å². The summed E-state index contributed by atoms with van der Waals surface area (Å²) >= 11 is 0. The van der Waals surface area contributed by atoms with Crippen molar-refractivity contribution in [2.45, 2.75) is 24.7 Å². The van der Waals surface area contributed by atoms with Crippen LogP contribution in [0.3, 0.4) is 0 Å². The molecule has 0 bridgehead atoms. The molecule has 0 spiro atoms. The van der Waals surface area contributed by atoms with Gasteiger partial charge in [-0.25, -0.2) is 8.42 Å². The van der Waals surface area contributed by atoms with Crippen molar-refractivity contribution >= 4 is 27.4 Å². The maximum atomic E-state index is 12.9. The molecule has 33 heavy (non-hydrogen) atoms. The first-order chi connectivity index (χ1) is 15.8. The van der Waals surface area contributed by atoms with Crippen LogP contribution in [0.2, 0.25) is 0 Å². The van der Waals surface area contributed by atoms with Crippen molar-refractivity contribution in [1.82, 2.24) is 4.90 Å².